The summed E-state index contributed by atoms with van der Waals surface area (Å²) in [5.41, 5.74) is 1.39. The van der Waals surface area contributed by atoms with Crippen LogP contribution in [0.3, 0.4) is 0 Å². The van der Waals surface area contributed by atoms with Crippen LogP contribution in [0.25, 0.3) is 0 Å². The van der Waals surface area contributed by atoms with Gasteiger partial charge in [-0.3, -0.25) is 0 Å². The van der Waals surface area contributed by atoms with E-state index in [2.05, 4.69) is 5.32 Å². The highest BCUT2D eigenvalue weighted by atomic mass is 16.7. The molecule has 1 N–H and O–H groups in total. The van der Waals surface area contributed by atoms with E-state index in [1.54, 1.807) is 27.7 Å². The summed E-state index contributed by atoms with van der Waals surface area (Å²) in [5.74, 6) is 0.180. The Morgan fingerprint density at radius 3 is 2.00 bits per heavy atom. The van der Waals surface area contributed by atoms with Crippen molar-refractivity contribution in [1.82, 2.24) is 5.32 Å². The molecule has 1 fully saturated rings. The van der Waals surface area contributed by atoms with E-state index in [0.717, 1.165) is 16.6 Å². The average molecular weight is 525 g/mol. The van der Waals surface area contributed by atoms with Gasteiger partial charge in [0, 0.05) is 6.42 Å². The van der Waals surface area contributed by atoms with Gasteiger partial charge in [0.05, 0.1) is 17.8 Å². The Hall–Kier alpha value is -3.04. The molecule has 1 aliphatic heterocycles. The lowest BCUT2D eigenvalue weighted by Crippen LogP contribution is -2.45. The molecule has 38 heavy (non-hydrogen) atoms. The number of amides is 1. The van der Waals surface area contributed by atoms with E-state index in [4.69, 9.17) is 23.5 Å². The van der Waals surface area contributed by atoms with E-state index >= 15 is 0 Å². The minimum absolute atomic E-state index is 0.218. The van der Waals surface area contributed by atoms with Gasteiger partial charge in [-0.1, -0.05) is 36.4 Å². The van der Waals surface area contributed by atoms with Crippen LogP contribution in [0, 0.1) is 0 Å². The van der Waals surface area contributed by atoms with E-state index in [9.17, 15) is 9.59 Å². The second-order valence-electron chi connectivity index (χ2n) is 11.4. The molecule has 1 saturated heterocycles. The third kappa shape index (κ3) is 7.98. The number of rotatable bonds is 9. The van der Waals surface area contributed by atoms with Crippen molar-refractivity contribution in [2.24, 2.45) is 0 Å². The molecule has 9 heteroatoms. The van der Waals surface area contributed by atoms with Gasteiger partial charge >= 0.3 is 19.2 Å². The molecule has 1 aliphatic rings. The predicted molar refractivity (Wildman–Crippen MR) is 146 cm³/mol. The zero-order valence-corrected chi connectivity index (χ0v) is 23.8. The van der Waals surface area contributed by atoms with Crippen LogP contribution in [0.1, 0.15) is 66.5 Å². The summed E-state index contributed by atoms with van der Waals surface area (Å²) in [6, 6.07) is 14.5. The number of ether oxygens (including phenoxy) is 3. The summed E-state index contributed by atoms with van der Waals surface area (Å²) in [4.78, 5) is 24.6. The van der Waals surface area contributed by atoms with Crippen molar-refractivity contribution in [3.8, 4) is 5.75 Å². The Kier molecular flexibility index (Phi) is 9.15. The van der Waals surface area contributed by atoms with Crippen molar-refractivity contribution in [3.05, 3.63) is 59.7 Å². The Morgan fingerprint density at radius 1 is 0.921 bits per heavy atom. The zero-order chi connectivity index (χ0) is 28.1. The minimum Gasteiger partial charge on any atom is -0.489 e. The molecule has 0 spiro atoms. The third-order valence-electron chi connectivity index (χ3n) is 6.54. The Balaban J connectivity index is 1.56. The Morgan fingerprint density at radius 2 is 1.47 bits per heavy atom. The number of esters is 1. The first kappa shape index (κ1) is 29.5. The van der Waals surface area contributed by atoms with Gasteiger partial charge in [0.25, 0.3) is 0 Å². The summed E-state index contributed by atoms with van der Waals surface area (Å²) in [5, 5.41) is 2.62. The van der Waals surface area contributed by atoms with Crippen LogP contribution >= 0.6 is 0 Å². The maximum absolute atomic E-state index is 12.4. The lowest BCUT2D eigenvalue weighted by molar-refractivity contribution is -0.145. The first-order valence-electron chi connectivity index (χ1n) is 13.0. The number of hydrogen-bond donors (Lipinski definition) is 1. The molecule has 0 aliphatic carbocycles. The van der Waals surface area contributed by atoms with Crippen LogP contribution in [-0.2, 0) is 36.6 Å². The van der Waals surface area contributed by atoms with Crippen LogP contribution in [0.2, 0.25) is 0 Å². The van der Waals surface area contributed by atoms with Gasteiger partial charge in [0.1, 0.15) is 24.0 Å². The number of carbonyl (C=O) groups excluding carboxylic acids is 2. The summed E-state index contributed by atoms with van der Waals surface area (Å²) in [6.45, 7) is 15.8. The number of alkyl carbamates (subject to hydrolysis) is 1. The van der Waals surface area contributed by atoms with Gasteiger partial charge in [-0.25, -0.2) is 9.59 Å². The van der Waals surface area contributed by atoms with Crippen LogP contribution in [0.5, 0.6) is 5.75 Å². The first-order chi connectivity index (χ1) is 17.7. The van der Waals surface area contributed by atoms with Crippen LogP contribution in [0.4, 0.5) is 4.79 Å². The first-order valence-corrected chi connectivity index (χ1v) is 13.0. The SMILES string of the molecule is CCOC(=O)[C@H](Cc1ccc(OCc2ccc(B3OC(C)(C)C(C)(C)O3)cc2)cc1)NC(=O)OC(C)(C)C. The largest absolute Gasteiger partial charge is 0.494 e. The van der Waals surface area contributed by atoms with E-state index in [-0.39, 0.29) is 24.2 Å². The fourth-order valence-electron chi connectivity index (χ4n) is 3.76. The van der Waals surface area contributed by atoms with E-state index < -0.39 is 30.8 Å². The lowest BCUT2D eigenvalue weighted by Gasteiger charge is -2.32. The fraction of sp³-hybridized carbons (Fsp3) is 0.517. The van der Waals surface area contributed by atoms with E-state index in [1.165, 1.54) is 0 Å². The van der Waals surface area contributed by atoms with Crippen molar-refractivity contribution < 1.29 is 33.1 Å². The smallest absolute Gasteiger partial charge is 0.489 e. The van der Waals surface area contributed by atoms with Crippen LogP contribution in [0.15, 0.2) is 48.5 Å². The highest BCUT2D eigenvalue weighted by Crippen LogP contribution is 2.36. The molecule has 0 saturated carbocycles. The van der Waals surface area contributed by atoms with Gasteiger partial charge in [0.2, 0.25) is 0 Å². The summed E-state index contributed by atoms with van der Waals surface area (Å²) < 4.78 is 28.6. The van der Waals surface area contributed by atoms with Gasteiger partial charge in [-0.15, -0.1) is 0 Å². The van der Waals surface area contributed by atoms with Gasteiger partial charge in [0.15, 0.2) is 0 Å². The number of benzene rings is 2. The Labute approximate surface area is 226 Å². The number of hydrogen-bond acceptors (Lipinski definition) is 7. The molecule has 3 rings (SSSR count). The van der Waals surface area contributed by atoms with Crippen LogP contribution < -0.4 is 15.5 Å². The molecule has 206 valence electrons. The molecule has 0 radical (unpaired) electrons. The fourth-order valence-corrected chi connectivity index (χ4v) is 3.76. The standard InChI is InChI=1S/C29H40BNO7/c1-9-34-25(32)24(31-26(33)36-27(2,3)4)18-20-12-16-23(17-13-20)35-19-21-10-14-22(15-11-21)30-37-28(5,6)29(7,8)38-30/h10-17,24H,9,18-19H2,1-8H3,(H,31,33)/t24-/m0/s1. The highest BCUT2D eigenvalue weighted by molar-refractivity contribution is 6.62. The van der Waals surface area contributed by atoms with E-state index in [1.807, 2.05) is 76.2 Å². The number of nitrogens with one attached hydrogen (secondary N) is 1. The topological polar surface area (TPSA) is 92.3 Å². The van der Waals surface area contributed by atoms with Crippen molar-refractivity contribution in [2.75, 3.05) is 6.61 Å². The molecule has 0 aromatic heterocycles. The molecule has 0 unspecified atom stereocenters. The lowest BCUT2D eigenvalue weighted by atomic mass is 9.79. The summed E-state index contributed by atoms with van der Waals surface area (Å²) >= 11 is 0. The van der Waals surface area contributed by atoms with Gasteiger partial charge < -0.3 is 28.8 Å². The normalized spacial score (nSPS) is 17.0. The quantitative estimate of drug-likeness (QED) is 0.379. The minimum atomic E-state index is -0.862. The molecular formula is C29H40BNO7. The average Bonchev–Trinajstić information content (AvgIpc) is 3.04. The maximum atomic E-state index is 12.4. The van der Waals surface area contributed by atoms with Gasteiger partial charge in [-0.05, 0) is 84.1 Å². The predicted octanol–water partition coefficient (Wildman–Crippen LogP) is 4.56. The molecule has 1 atom stereocenters. The van der Waals surface area contributed by atoms with E-state index in [0.29, 0.717) is 12.4 Å². The second-order valence-corrected chi connectivity index (χ2v) is 11.4. The highest BCUT2D eigenvalue weighted by Gasteiger charge is 2.51. The molecule has 8 nitrogen and oxygen atoms in total. The van der Waals surface area contributed by atoms with Crippen molar-refractivity contribution in [2.45, 2.75) is 91.3 Å². The molecule has 0 bridgehead atoms. The molecule has 2 aromatic rings. The van der Waals surface area contributed by atoms with Crippen molar-refractivity contribution in [3.63, 3.8) is 0 Å². The third-order valence-corrected chi connectivity index (χ3v) is 6.54. The summed E-state index contributed by atoms with van der Waals surface area (Å²) in [6.07, 6.45) is -0.404. The van der Waals surface area contributed by atoms with Crippen molar-refractivity contribution >= 4 is 24.6 Å². The van der Waals surface area contributed by atoms with Gasteiger partial charge in [-0.2, -0.15) is 0 Å². The van der Waals surface area contributed by atoms with Crippen LogP contribution in [-0.4, -0.2) is 48.6 Å². The second kappa shape index (κ2) is 11.8. The molecular weight excluding hydrogens is 485 g/mol. The monoisotopic (exact) mass is 525 g/mol. The summed E-state index contributed by atoms with van der Waals surface area (Å²) in [7, 11) is -0.397. The molecule has 1 amide bonds. The maximum Gasteiger partial charge on any atom is 0.494 e. The number of carbonyl (C=O) groups is 2. The molecule has 1 heterocycles. The zero-order valence-electron chi connectivity index (χ0n) is 23.8. The van der Waals surface area contributed by atoms with Crippen molar-refractivity contribution in [1.29, 1.82) is 0 Å². The molecule has 2 aromatic carbocycles. The Bertz CT molecular complexity index is 1080.